The minimum absolute atomic E-state index is 0.0878. The lowest BCUT2D eigenvalue weighted by molar-refractivity contribution is -0.121. The van der Waals surface area contributed by atoms with Gasteiger partial charge in [-0.15, -0.1) is 0 Å². The molecule has 1 aliphatic rings. The highest BCUT2D eigenvalue weighted by molar-refractivity contribution is 5.92. The van der Waals surface area contributed by atoms with Crippen LogP contribution < -0.4 is 5.32 Å². The summed E-state index contributed by atoms with van der Waals surface area (Å²) < 4.78 is 0. The fourth-order valence-electron chi connectivity index (χ4n) is 3.58. The van der Waals surface area contributed by atoms with E-state index in [0.29, 0.717) is 0 Å². The number of H-pyrrole nitrogens is 1. The summed E-state index contributed by atoms with van der Waals surface area (Å²) in [7, 11) is 0. The fourth-order valence-corrected chi connectivity index (χ4v) is 3.58. The van der Waals surface area contributed by atoms with Gasteiger partial charge in [0, 0.05) is 11.6 Å². The number of likely N-dealkylation sites (tertiary alicyclic amines) is 1. The van der Waals surface area contributed by atoms with Crippen LogP contribution in [0.5, 0.6) is 0 Å². The van der Waals surface area contributed by atoms with Crippen LogP contribution in [0.2, 0.25) is 0 Å². The Kier molecular flexibility index (Phi) is 4.71. The Labute approximate surface area is 153 Å². The number of nitrogens with zero attached hydrogens (tertiary/aromatic N) is 2. The van der Waals surface area contributed by atoms with Crippen molar-refractivity contribution in [3.8, 4) is 0 Å². The Morgan fingerprint density at radius 3 is 2.73 bits per heavy atom. The molecular formula is C21H24N4O. The van der Waals surface area contributed by atoms with E-state index in [1.165, 1.54) is 5.56 Å². The molecule has 1 amide bonds. The van der Waals surface area contributed by atoms with Crippen LogP contribution in [0.4, 0.5) is 5.69 Å². The maximum atomic E-state index is 12.4. The molecule has 0 radical (unpaired) electrons. The molecule has 0 atom stereocenters. The number of nitrogens with one attached hydrogen (secondary N) is 2. The van der Waals surface area contributed by atoms with Crippen molar-refractivity contribution in [2.24, 2.45) is 5.92 Å². The first kappa shape index (κ1) is 16.8. The van der Waals surface area contributed by atoms with Crippen LogP contribution in [0.1, 0.15) is 24.2 Å². The molecule has 5 nitrogen and oxygen atoms in total. The molecule has 1 aromatic heterocycles. The average molecular weight is 348 g/mol. The molecule has 26 heavy (non-hydrogen) atoms. The number of piperidine rings is 1. The molecule has 1 aliphatic heterocycles. The first-order chi connectivity index (χ1) is 12.7. The molecule has 2 aromatic carbocycles. The summed E-state index contributed by atoms with van der Waals surface area (Å²) in [5, 5.41) is 3.02. The van der Waals surface area contributed by atoms with Gasteiger partial charge in [-0.1, -0.05) is 24.3 Å². The second-order valence-corrected chi connectivity index (χ2v) is 7.11. The number of anilines is 1. The van der Waals surface area contributed by atoms with Gasteiger partial charge in [-0.05, 0) is 62.7 Å². The monoisotopic (exact) mass is 348 g/mol. The maximum Gasteiger partial charge on any atom is 0.227 e. The number of hydrogen-bond donors (Lipinski definition) is 2. The summed E-state index contributed by atoms with van der Waals surface area (Å²) in [6.45, 7) is 4.73. The van der Waals surface area contributed by atoms with Gasteiger partial charge >= 0.3 is 0 Å². The van der Waals surface area contributed by atoms with Crippen molar-refractivity contribution in [1.29, 1.82) is 0 Å². The van der Waals surface area contributed by atoms with E-state index in [1.54, 1.807) is 0 Å². The van der Waals surface area contributed by atoms with Crippen molar-refractivity contribution in [2.45, 2.75) is 26.3 Å². The number of benzene rings is 2. The second-order valence-electron chi connectivity index (χ2n) is 7.11. The summed E-state index contributed by atoms with van der Waals surface area (Å²) in [6.07, 6.45) is 1.77. The Balaban J connectivity index is 1.32. The van der Waals surface area contributed by atoms with Gasteiger partial charge in [0.05, 0.1) is 17.6 Å². The minimum atomic E-state index is 0.0878. The smallest absolute Gasteiger partial charge is 0.227 e. The van der Waals surface area contributed by atoms with Gasteiger partial charge in [0.25, 0.3) is 0 Å². The first-order valence-electron chi connectivity index (χ1n) is 9.21. The van der Waals surface area contributed by atoms with E-state index in [4.69, 9.17) is 0 Å². The van der Waals surface area contributed by atoms with Crippen molar-refractivity contribution < 1.29 is 4.79 Å². The topological polar surface area (TPSA) is 61.0 Å². The third-order valence-electron chi connectivity index (χ3n) is 5.06. The lowest BCUT2D eigenvalue weighted by Crippen LogP contribution is -2.38. The van der Waals surface area contributed by atoms with Gasteiger partial charge in [-0.2, -0.15) is 0 Å². The predicted molar refractivity (Wildman–Crippen MR) is 104 cm³/mol. The molecule has 0 bridgehead atoms. The molecule has 0 aliphatic carbocycles. The van der Waals surface area contributed by atoms with Crippen LogP contribution in [0.25, 0.3) is 11.0 Å². The largest absolute Gasteiger partial charge is 0.341 e. The molecule has 4 rings (SSSR count). The van der Waals surface area contributed by atoms with E-state index in [0.717, 1.165) is 55.0 Å². The normalized spacial score (nSPS) is 16.0. The Bertz CT molecular complexity index is 895. The van der Waals surface area contributed by atoms with Gasteiger partial charge in [-0.25, -0.2) is 4.98 Å². The molecule has 1 saturated heterocycles. The highest BCUT2D eigenvalue weighted by Crippen LogP contribution is 2.21. The summed E-state index contributed by atoms with van der Waals surface area (Å²) >= 11 is 0. The number of carbonyl (C=O) groups excluding carboxylic acids is 1. The van der Waals surface area contributed by atoms with E-state index in [2.05, 4.69) is 45.3 Å². The number of carbonyl (C=O) groups is 1. The van der Waals surface area contributed by atoms with Crippen LogP contribution in [0, 0.1) is 12.8 Å². The van der Waals surface area contributed by atoms with Gasteiger partial charge in [0.15, 0.2) is 0 Å². The predicted octanol–water partition coefficient (Wildman–Crippen LogP) is 3.72. The van der Waals surface area contributed by atoms with Gasteiger partial charge in [0.2, 0.25) is 5.91 Å². The number of aromatic amines is 1. The molecule has 0 spiro atoms. The molecule has 5 heteroatoms. The summed E-state index contributed by atoms with van der Waals surface area (Å²) in [5.41, 5.74) is 4.22. The molecule has 2 heterocycles. The fraction of sp³-hybridized carbons (Fsp3) is 0.333. The molecule has 3 aromatic rings. The number of aryl methyl sites for hydroxylation is 1. The van der Waals surface area contributed by atoms with Gasteiger partial charge < -0.3 is 10.3 Å². The van der Waals surface area contributed by atoms with E-state index in [9.17, 15) is 4.79 Å². The number of fused-ring (bicyclic) bond motifs is 1. The molecule has 134 valence electrons. The number of para-hydroxylation sites is 1. The molecule has 0 unspecified atom stereocenters. The van der Waals surface area contributed by atoms with Crippen LogP contribution in [-0.4, -0.2) is 33.9 Å². The van der Waals surface area contributed by atoms with Crippen molar-refractivity contribution in [1.82, 2.24) is 14.9 Å². The molecule has 0 saturated carbocycles. The second kappa shape index (κ2) is 7.30. The number of hydrogen-bond acceptors (Lipinski definition) is 3. The summed E-state index contributed by atoms with van der Waals surface area (Å²) in [6, 6.07) is 16.0. The first-order valence-corrected chi connectivity index (χ1v) is 9.21. The highest BCUT2D eigenvalue weighted by atomic mass is 16.1. The Morgan fingerprint density at radius 2 is 1.96 bits per heavy atom. The molecule has 2 N–H and O–H groups in total. The van der Waals surface area contributed by atoms with Crippen molar-refractivity contribution >= 4 is 22.6 Å². The lowest BCUT2D eigenvalue weighted by atomic mass is 9.96. The van der Waals surface area contributed by atoms with Crippen molar-refractivity contribution in [3.05, 3.63) is 59.9 Å². The standard InChI is InChI=1S/C21H24N4O/c1-15-7-8-18-19(13-15)24-20(23-18)14-25-11-9-16(10-12-25)21(26)22-17-5-3-2-4-6-17/h2-8,13,16H,9-12,14H2,1H3,(H,22,26)(H,23,24). The third-order valence-corrected chi connectivity index (χ3v) is 5.06. The molecular weight excluding hydrogens is 324 g/mol. The lowest BCUT2D eigenvalue weighted by Gasteiger charge is -2.30. The third kappa shape index (κ3) is 3.78. The Morgan fingerprint density at radius 1 is 1.19 bits per heavy atom. The summed E-state index contributed by atoms with van der Waals surface area (Å²) in [5.74, 6) is 1.22. The SMILES string of the molecule is Cc1ccc2nc(CN3CCC(C(=O)Nc4ccccc4)CC3)[nH]c2c1. The molecule has 1 fully saturated rings. The quantitative estimate of drug-likeness (QED) is 0.755. The zero-order valence-electron chi connectivity index (χ0n) is 15.0. The number of amides is 1. The van der Waals surface area contributed by atoms with Gasteiger partial charge in [-0.3, -0.25) is 9.69 Å². The van der Waals surface area contributed by atoms with Crippen LogP contribution in [-0.2, 0) is 11.3 Å². The average Bonchev–Trinajstić information content (AvgIpc) is 3.04. The van der Waals surface area contributed by atoms with Gasteiger partial charge in [0.1, 0.15) is 5.82 Å². The van der Waals surface area contributed by atoms with Crippen molar-refractivity contribution in [3.63, 3.8) is 0 Å². The zero-order valence-corrected chi connectivity index (χ0v) is 15.0. The number of rotatable bonds is 4. The number of imidazole rings is 1. The maximum absolute atomic E-state index is 12.4. The highest BCUT2D eigenvalue weighted by Gasteiger charge is 2.25. The number of aromatic nitrogens is 2. The zero-order chi connectivity index (χ0) is 17.9. The van der Waals surface area contributed by atoms with E-state index in [-0.39, 0.29) is 11.8 Å². The van der Waals surface area contributed by atoms with Crippen LogP contribution in [0.15, 0.2) is 48.5 Å². The van der Waals surface area contributed by atoms with Crippen molar-refractivity contribution in [2.75, 3.05) is 18.4 Å². The van der Waals surface area contributed by atoms with E-state index < -0.39 is 0 Å². The van der Waals surface area contributed by atoms with E-state index in [1.807, 2.05) is 30.3 Å². The van der Waals surface area contributed by atoms with Crippen LogP contribution >= 0.6 is 0 Å². The van der Waals surface area contributed by atoms with Crippen LogP contribution in [0.3, 0.4) is 0 Å². The Hall–Kier alpha value is -2.66. The minimum Gasteiger partial charge on any atom is -0.341 e. The summed E-state index contributed by atoms with van der Waals surface area (Å²) in [4.78, 5) is 22.9. The van der Waals surface area contributed by atoms with E-state index >= 15 is 0 Å².